The third kappa shape index (κ3) is 2.82. The molecule has 20 heavy (non-hydrogen) atoms. The lowest BCUT2D eigenvalue weighted by Crippen LogP contribution is -2.19. The second-order valence-corrected chi connectivity index (χ2v) is 6.02. The highest BCUT2D eigenvalue weighted by molar-refractivity contribution is 7.89. The van der Waals surface area contributed by atoms with Crippen molar-refractivity contribution >= 4 is 21.6 Å². The van der Waals surface area contributed by atoms with Gasteiger partial charge in [-0.3, -0.25) is 4.57 Å². The van der Waals surface area contributed by atoms with Gasteiger partial charge in [-0.25, -0.2) is 17.9 Å². The second kappa shape index (κ2) is 5.47. The van der Waals surface area contributed by atoms with Gasteiger partial charge in [-0.15, -0.1) is 10.2 Å². The molecule has 0 bridgehead atoms. The van der Waals surface area contributed by atoms with Crippen LogP contribution >= 0.6 is 11.6 Å². The zero-order valence-electron chi connectivity index (χ0n) is 10.5. The fourth-order valence-corrected chi connectivity index (χ4v) is 2.59. The van der Waals surface area contributed by atoms with Crippen LogP contribution in [0.5, 0.6) is 0 Å². The summed E-state index contributed by atoms with van der Waals surface area (Å²) in [6, 6.07) is 4.03. The van der Waals surface area contributed by atoms with Gasteiger partial charge >= 0.3 is 0 Å². The molecule has 2 N–H and O–H groups in total. The van der Waals surface area contributed by atoms with Crippen LogP contribution in [-0.2, 0) is 16.6 Å². The molecule has 1 heterocycles. The molecule has 9 heteroatoms. The Bertz CT molecular complexity index is 745. The van der Waals surface area contributed by atoms with Crippen molar-refractivity contribution in [2.45, 2.75) is 25.0 Å². The van der Waals surface area contributed by atoms with Crippen molar-refractivity contribution in [3.05, 3.63) is 29.0 Å². The molecule has 0 unspecified atom stereocenters. The molecule has 2 aromatic rings. The van der Waals surface area contributed by atoms with Crippen molar-refractivity contribution in [1.82, 2.24) is 14.8 Å². The highest BCUT2D eigenvalue weighted by atomic mass is 35.5. The molecule has 0 atom stereocenters. The average molecular weight is 319 g/mol. The summed E-state index contributed by atoms with van der Waals surface area (Å²) in [5.41, 5.74) is 0.116. The minimum atomic E-state index is -4.02. The van der Waals surface area contributed by atoms with Crippen molar-refractivity contribution < 1.29 is 12.8 Å². The smallest absolute Gasteiger partial charge is 0.273 e. The molecule has 6 nitrogen and oxygen atoms in total. The summed E-state index contributed by atoms with van der Waals surface area (Å²) in [6.45, 7) is 2.14. The normalized spacial score (nSPS) is 11.8. The number of hydrogen-bond acceptors (Lipinski definition) is 4. The second-order valence-electron chi connectivity index (χ2n) is 4.13. The zero-order chi connectivity index (χ0) is 14.9. The SMILES string of the molecule is CCCn1c(-c2ccc(Cl)cc2F)nnc1S(N)(=O)=O. The maximum atomic E-state index is 13.9. The Morgan fingerprint density at radius 1 is 1.40 bits per heavy atom. The minimum Gasteiger partial charge on any atom is -0.297 e. The molecule has 0 amide bonds. The van der Waals surface area contributed by atoms with Crippen LogP contribution in [0.15, 0.2) is 23.4 Å². The molecule has 0 spiro atoms. The first kappa shape index (κ1) is 14.9. The predicted molar refractivity (Wildman–Crippen MR) is 72.1 cm³/mol. The van der Waals surface area contributed by atoms with Gasteiger partial charge in [0.25, 0.3) is 15.2 Å². The van der Waals surface area contributed by atoms with Gasteiger partial charge in [-0.05, 0) is 24.6 Å². The predicted octanol–water partition coefficient (Wildman–Crippen LogP) is 1.79. The number of hydrogen-bond donors (Lipinski definition) is 1. The van der Waals surface area contributed by atoms with E-state index < -0.39 is 15.8 Å². The molecular weight excluding hydrogens is 307 g/mol. The summed E-state index contributed by atoms with van der Waals surface area (Å²) >= 11 is 5.68. The van der Waals surface area contributed by atoms with Crippen molar-refractivity contribution in [3.63, 3.8) is 0 Å². The number of sulfonamides is 1. The molecule has 0 aliphatic heterocycles. The molecule has 2 rings (SSSR count). The van der Waals surface area contributed by atoms with Crippen LogP contribution in [0.2, 0.25) is 5.02 Å². The number of benzene rings is 1. The first-order valence-corrected chi connectivity index (χ1v) is 7.68. The molecular formula is C11H12ClFN4O2S. The van der Waals surface area contributed by atoms with Gasteiger partial charge in [0.2, 0.25) is 0 Å². The highest BCUT2D eigenvalue weighted by Crippen LogP contribution is 2.25. The van der Waals surface area contributed by atoms with E-state index in [0.29, 0.717) is 13.0 Å². The van der Waals surface area contributed by atoms with Crippen LogP contribution in [0.1, 0.15) is 13.3 Å². The molecule has 1 aromatic carbocycles. The third-order valence-corrected chi connectivity index (χ3v) is 3.64. The Balaban J connectivity index is 2.66. The fourth-order valence-electron chi connectivity index (χ4n) is 1.79. The molecule has 0 aliphatic rings. The van der Waals surface area contributed by atoms with Crippen molar-refractivity contribution in [3.8, 4) is 11.4 Å². The minimum absolute atomic E-state index is 0.102. The summed E-state index contributed by atoms with van der Waals surface area (Å²) in [7, 11) is -4.02. The lowest BCUT2D eigenvalue weighted by atomic mass is 10.2. The standard InChI is InChI=1S/C11H12ClFN4O2S/c1-2-5-17-10(15-16-11(17)20(14,18)19)8-4-3-7(12)6-9(8)13/h3-4,6H,2,5H2,1H3,(H2,14,18,19). The van der Waals surface area contributed by atoms with Crippen LogP contribution in [0.25, 0.3) is 11.4 Å². The molecule has 1 aromatic heterocycles. The monoisotopic (exact) mass is 318 g/mol. The largest absolute Gasteiger partial charge is 0.297 e. The molecule has 108 valence electrons. The number of aromatic nitrogens is 3. The van der Waals surface area contributed by atoms with E-state index in [4.69, 9.17) is 16.7 Å². The quantitative estimate of drug-likeness (QED) is 0.930. The maximum Gasteiger partial charge on any atom is 0.273 e. The summed E-state index contributed by atoms with van der Waals surface area (Å²) in [5, 5.41) is 12.2. The van der Waals surface area contributed by atoms with Gasteiger partial charge in [-0.1, -0.05) is 18.5 Å². The fraction of sp³-hybridized carbons (Fsp3) is 0.273. The van der Waals surface area contributed by atoms with Gasteiger partial charge < -0.3 is 0 Å². The molecule has 0 aliphatic carbocycles. The number of halogens is 2. The van der Waals surface area contributed by atoms with Gasteiger partial charge in [0.1, 0.15) is 5.82 Å². The first-order chi connectivity index (χ1) is 9.34. The summed E-state index contributed by atoms with van der Waals surface area (Å²) < 4.78 is 38.1. The molecule has 0 fully saturated rings. The Hall–Kier alpha value is -1.51. The van der Waals surface area contributed by atoms with E-state index in [1.807, 2.05) is 6.92 Å². The number of nitrogens with zero attached hydrogens (tertiary/aromatic N) is 3. The van der Waals surface area contributed by atoms with Gasteiger partial charge in [0.05, 0.1) is 5.56 Å². The Morgan fingerprint density at radius 3 is 2.65 bits per heavy atom. The van der Waals surface area contributed by atoms with Gasteiger partial charge in [0, 0.05) is 11.6 Å². The first-order valence-electron chi connectivity index (χ1n) is 5.76. The summed E-state index contributed by atoms with van der Waals surface area (Å²) in [4.78, 5) is 0. The molecule has 0 saturated heterocycles. The van der Waals surface area contributed by atoms with E-state index in [1.165, 1.54) is 16.7 Å². The summed E-state index contributed by atoms with van der Waals surface area (Å²) in [5.74, 6) is -0.506. The Kier molecular flexibility index (Phi) is 4.07. The Morgan fingerprint density at radius 2 is 2.10 bits per heavy atom. The van der Waals surface area contributed by atoms with E-state index >= 15 is 0 Å². The van der Waals surface area contributed by atoms with E-state index in [-0.39, 0.29) is 21.6 Å². The van der Waals surface area contributed by atoms with E-state index in [1.54, 1.807) is 0 Å². The number of nitrogens with two attached hydrogens (primary N) is 1. The zero-order valence-corrected chi connectivity index (χ0v) is 12.1. The molecule has 0 radical (unpaired) electrons. The average Bonchev–Trinajstić information content (AvgIpc) is 2.73. The van der Waals surface area contributed by atoms with Crippen molar-refractivity contribution in [2.24, 2.45) is 5.14 Å². The van der Waals surface area contributed by atoms with Crippen LogP contribution in [0.3, 0.4) is 0 Å². The highest BCUT2D eigenvalue weighted by Gasteiger charge is 2.23. The van der Waals surface area contributed by atoms with Crippen LogP contribution < -0.4 is 5.14 Å². The number of primary sulfonamides is 1. The Labute approximate surface area is 120 Å². The lowest BCUT2D eigenvalue weighted by molar-refractivity contribution is 0.558. The summed E-state index contributed by atoms with van der Waals surface area (Å²) in [6.07, 6.45) is 0.614. The van der Waals surface area contributed by atoms with Crippen molar-refractivity contribution in [1.29, 1.82) is 0 Å². The lowest BCUT2D eigenvalue weighted by Gasteiger charge is -2.08. The van der Waals surface area contributed by atoms with Crippen LogP contribution in [-0.4, -0.2) is 23.2 Å². The molecule has 0 saturated carbocycles. The van der Waals surface area contributed by atoms with Gasteiger partial charge in [-0.2, -0.15) is 0 Å². The van der Waals surface area contributed by atoms with Crippen LogP contribution in [0, 0.1) is 5.82 Å². The van der Waals surface area contributed by atoms with E-state index in [2.05, 4.69) is 10.2 Å². The topological polar surface area (TPSA) is 90.9 Å². The van der Waals surface area contributed by atoms with Crippen molar-refractivity contribution in [2.75, 3.05) is 0 Å². The number of rotatable bonds is 4. The van der Waals surface area contributed by atoms with Gasteiger partial charge in [0.15, 0.2) is 5.82 Å². The third-order valence-electron chi connectivity index (χ3n) is 2.59. The van der Waals surface area contributed by atoms with E-state index in [9.17, 15) is 12.8 Å². The maximum absolute atomic E-state index is 13.9. The van der Waals surface area contributed by atoms with E-state index in [0.717, 1.165) is 6.07 Å². The van der Waals surface area contributed by atoms with Crippen LogP contribution in [0.4, 0.5) is 4.39 Å².